The Balaban J connectivity index is 2.06. The molecule has 1 aliphatic heterocycles. The van der Waals surface area contributed by atoms with Crippen LogP contribution >= 0.6 is 11.8 Å². The van der Waals surface area contributed by atoms with Crippen molar-refractivity contribution in [2.75, 3.05) is 45.8 Å². The molecule has 5 heteroatoms. The summed E-state index contributed by atoms with van der Waals surface area (Å²) in [5.74, 6) is 3.21. The lowest BCUT2D eigenvalue weighted by Crippen LogP contribution is -2.47. The summed E-state index contributed by atoms with van der Waals surface area (Å²) in [7, 11) is 5.79. The quantitative estimate of drug-likeness (QED) is 0.831. The number of benzene rings is 1. The fourth-order valence-electron chi connectivity index (χ4n) is 2.79. The fraction of sp³-hybridized carbons (Fsp3) is 0.588. The van der Waals surface area contributed by atoms with E-state index in [-0.39, 0.29) is 5.91 Å². The summed E-state index contributed by atoms with van der Waals surface area (Å²) in [5.41, 5.74) is 1.02. The summed E-state index contributed by atoms with van der Waals surface area (Å²) in [6.45, 7) is 1.80. The first-order chi connectivity index (χ1) is 10.6. The van der Waals surface area contributed by atoms with Gasteiger partial charge in [0.15, 0.2) is 0 Å². The molecule has 1 aromatic carbocycles. The largest absolute Gasteiger partial charge is 0.497 e. The Hall–Kier alpha value is -1.20. The lowest BCUT2D eigenvalue weighted by atomic mass is 10.1. The third-order valence-corrected chi connectivity index (χ3v) is 5.02. The molecule has 1 amide bonds. The molecule has 1 aromatic rings. The van der Waals surface area contributed by atoms with Gasteiger partial charge in [-0.1, -0.05) is 12.1 Å². The number of carbonyl (C=O) groups excluding carboxylic acids is 1. The molecule has 0 radical (unpaired) electrons. The number of carbonyl (C=O) groups is 1. The van der Waals surface area contributed by atoms with Gasteiger partial charge in [0.25, 0.3) is 0 Å². The number of amides is 1. The molecule has 0 aliphatic carbocycles. The molecule has 4 nitrogen and oxygen atoms in total. The summed E-state index contributed by atoms with van der Waals surface area (Å²) in [5, 5.41) is 0. The summed E-state index contributed by atoms with van der Waals surface area (Å²) in [4.78, 5) is 17.0. The Labute approximate surface area is 137 Å². The number of thioether (sulfide) groups is 1. The Morgan fingerprint density at radius 2 is 2.27 bits per heavy atom. The van der Waals surface area contributed by atoms with Gasteiger partial charge in [-0.2, -0.15) is 11.8 Å². The van der Waals surface area contributed by atoms with Gasteiger partial charge in [0.05, 0.1) is 19.6 Å². The van der Waals surface area contributed by atoms with Crippen LogP contribution in [0.5, 0.6) is 5.75 Å². The van der Waals surface area contributed by atoms with E-state index in [0.29, 0.717) is 12.5 Å². The monoisotopic (exact) mass is 322 g/mol. The average Bonchev–Trinajstić information content (AvgIpc) is 2.72. The summed E-state index contributed by atoms with van der Waals surface area (Å²) in [6.07, 6.45) is 1.53. The molecule has 1 unspecified atom stereocenters. The van der Waals surface area contributed by atoms with Crippen LogP contribution in [0.2, 0.25) is 0 Å². The van der Waals surface area contributed by atoms with Crippen LogP contribution in [-0.4, -0.2) is 67.5 Å². The highest BCUT2D eigenvalue weighted by atomic mass is 32.2. The second-order valence-electron chi connectivity index (χ2n) is 5.96. The number of hydrogen-bond acceptors (Lipinski definition) is 4. The van der Waals surface area contributed by atoms with E-state index in [2.05, 4.69) is 23.9 Å². The molecule has 22 heavy (non-hydrogen) atoms. The first-order valence-corrected chi connectivity index (χ1v) is 8.90. The van der Waals surface area contributed by atoms with Crippen molar-refractivity contribution in [3.8, 4) is 5.75 Å². The van der Waals surface area contributed by atoms with Gasteiger partial charge in [0.1, 0.15) is 5.75 Å². The maximum atomic E-state index is 12.8. The number of ether oxygens (including phenoxy) is 1. The lowest BCUT2D eigenvalue weighted by molar-refractivity contribution is -0.132. The highest BCUT2D eigenvalue weighted by Crippen LogP contribution is 2.19. The van der Waals surface area contributed by atoms with Crippen LogP contribution in [0.3, 0.4) is 0 Å². The van der Waals surface area contributed by atoms with Crippen LogP contribution < -0.4 is 4.74 Å². The first kappa shape index (κ1) is 17.2. The molecule has 1 fully saturated rings. The van der Waals surface area contributed by atoms with Crippen LogP contribution in [0.25, 0.3) is 0 Å². The van der Waals surface area contributed by atoms with E-state index in [9.17, 15) is 4.79 Å². The Morgan fingerprint density at radius 3 is 3.00 bits per heavy atom. The number of hydrogen-bond donors (Lipinski definition) is 0. The maximum Gasteiger partial charge on any atom is 0.227 e. The fourth-order valence-corrected chi connectivity index (χ4v) is 3.85. The maximum absolute atomic E-state index is 12.8. The third kappa shape index (κ3) is 4.92. The van der Waals surface area contributed by atoms with Gasteiger partial charge in [-0.15, -0.1) is 0 Å². The number of methoxy groups -OCH3 is 1. The Bertz CT molecular complexity index is 493. The van der Waals surface area contributed by atoms with E-state index < -0.39 is 0 Å². The van der Waals surface area contributed by atoms with Gasteiger partial charge in [0, 0.05) is 18.8 Å². The zero-order valence-electron chi connectivity index (χ0n) is 13.7. The molecular formula is C17H26N2O2S. The second-order valence-corrected chi connectivity index (χ2v) is 7.11. The SMILES string of the molecule is COc1cccc(CC(=O)N2CCCSCC2CN(C)C)c1. The van der Waals surface area contributed by atoms with Crippen molar-refractivity contribution < 1.29 is 9.53 Å². The van der Waals surface area contributed by atoms with Crippen LogP contribution in [0, 0.1) is 0 Å². The number of nitrogens with zero attached hydrogens (tertiary/aromatic N) is 2. The highest BCUT2D eigenvalue weighted by molar-refractivity contribution is 7.99. The average molecular weight is 322 g/mol. The van der Waals surface area contributed by atoms with Crippen molar-refractivity contribution in [3.05, 3.63) is 29.8 Å². The van der Waals surface area contributed by atoms with E-state index in [0.717, 1.165) is 42.3 Å². The molecule has 122 valence electrons. The smallest absolute Gasteiger partial charge is 0.227 e. The molecule has 1 atom stereocenters. The van der Waals surface area contributed by atoms with Crippen molar-refractivity contribution in [2.45, 2.75) is 18.9 Å². The van der Waals surface area contributed by atoms with Crippen molar-refractivity contribution in [1.29, 1.82) is 0 Å². The normalized spacial score (nSPS) is 19.1. The molecule has 0 N–H and O–H groups in total. The minimum Gasteiger partial charge on any atom is -0.497 e. The number of rotatable bonds is 5. The molecule has 1 heterocycles. The zero-order chi connectivity index (χ0) is 15.9. The topological polar surface area (TPSA) is 32.8 Å². The van der Waals surface area contributed by atoms with Crippen LogP contribution in [0.15, 0.2) is 24.3 Å². The van der Waals surface area contributed by atoms with Crippen LogP contribution in [0.4, 0.5) is 0 Å². The van der Waals surface area contributed by atoms with Crippen molar-refractivity contribution in [1.82, 2.24) is 9.80 Å². The first-order valence-electron chi connectivity index (χ1n) is 7.75. The van der Waals surface area contributed by atoms with Crippen LogP contribution in [-0.2, 0) is 11.2 Å². The van der Waals surface area contributed by atoms with Crippen LogP contribution in [0.1, 0.15) is 12.0 Å². The van der Waals surface area contributed by atoms with E-state index in [1.807, 2.05) is 36.0 Å². The molecule has 1 aliphatic rings. The van der Waals surface area contributed by atoms with Gasteiger partial charge in [-0.25, -0.2) is 0 Å². The van der Waals surface area contributed by atoms with E-state index in [1.165, 1.54) is 0 Å². The predicted octanol–water partition coefficient (Wildman–Crippen LogP) is 2.13. The lowest BCUT2D eigenvalue weighted by Gasteiger charge is -2.32. The molecule has 2 rings (SSSR count). The standard InChI is InChI=1S/C17H26N2O2S/c1-18(2)12-15-13-22-9-5-8-19(15)17(20)11-14-6-4-7-16(10-14)21-3/h4,6-7,10,15H,5,8-9,11-13H2,1-3H3. The van der Waals surface area contributed by atoms with Gasteiger partial charge in [0.2, 0.25) is 5.91 Å². The summed E-state index contributed by atoms with van der Waals surface area (Å²) in [6, 6.07) is 8.10. The minimum absolute atomic E-state index is 0.225. The molecular weight excluding hydrogens is 296 g/mol. The molecule has 0 spiro atoms. The Kier molecular flexibility index (Phi) is 6.58. The van der Waals surface area contributed by atoms with E-state index in [4.69, 9.17) is 4.74 Å². The van der Waals surface area contributed by atoms with Crippen molar-refractivity contribution in [2.24, 2.45) is 0 Å². The zero-order valence-corrected chi connectivity index (χ0v) is 14.6. The second kappa shape index (κ2) is 8.44. The summed E-state index contributed by atoms with van der Waals surface area (Å²) >= 11 is 1.96. The molecule has 0 aromatic heterocycles. The molecule has 1 saturated heterocycles. The van der Waals surface area contributed by atoms with E-state index in [1.54, 1.807) is 7.11 Å². The van der Waals surface area contributed by atoms with Gasteiger partial charge >= 0.3 is 0 Å². The van der Waals surface area contributed by atoms with Gasteiger partial charge < -0.3 is 14.5 Å². The number of likely N-dealkylation sites (N-methyl/N-ethyl adjacent to an activating group) is 1. The molecule has 0 saturated carbocycles. The molecule has 0 bridgehead atoms. The summed E-state index contributed by atoms with van der Waals surface area (Å²) < 4.78 is 5.24. The predicted molar refractivity (Wildman–Crippen MR) is 92.7 cm³/mol. The van der Waals surface area contributed by atoms with Crippen molar-refractivity contribution in [3.63, 3.8) is 0 Å². The third-order valence-electron chi connectivity index (χ3n) is 3.82. The highest BCUT2D eigenvalue weighted by Gasteiger charge is 2.26. The Morgan fingerprint density at radius 1 is 1.45 bits per heavy atom. The van der Waals surface area contributed by atoms with Gasteiger partial charge in [-0.05, 0) is 44.0 Å². The van der Waals surface area contributed by atoms with E-state index >= 15 is 0 Å². The minimum atomic E-state index is 0.225. The van der Waals surface area contributed by atoms with Gasteiger partial charge in [-0.3, -0.25) is 4.79 Å². The van der Waals surface area contributed by atoms with Crippen molar-refractivity contribution >= 4 is 17.7 Å².